The maximum Gasteiger partial charge on any atom is 0.257 e. The Morgan fingerprint density at radius 1 is 1.15 bits per heavy atom. The predicted molar refractivity (Wildman–Crippen MR) is 83.8 cm³/mol. The lowest BCUT2D eigenvalue weighted by Crippen LogP contribution is -2.34. The Bertz CT molecular complexity index is 661. The van der Waals surface area contributed by atoms with E-state index in [2.05, 4.69) is 23.3 Å². The summed E-state index contributed by atoms with van der Waals surface area (Å²) in [4.78, 5) is 12.6. The summed E-state index contributed by atoms with van der Waals surface area (Å²) in [7, 11) is 0. The molecule has 0 aliphatic heterocycles. The summed E-state index contributed by atoms with van der Waals surface area (Å²) in [6, 6.07) is 12.6. The van der Waals surface area contributed by atoms with Crippen molar-refractivity contribution in [2.45, 2.75) is 4.90 Å². The first-order chi connectivity index (χ1) is 9.56. The van der Waals surface area contributed by atoms with Crippen LogP contribution in [0.25, 0.3) is 0 Å². The third kappa shape index (κ3) is 3.79. The first kappa shape index (κ1) is 14.5. The van der Waals surface area contributed by atoms with Crippen LogP contribution in [0.15, 0.2) is 53.4 Å². The molecule has 0 saturated heterocycles. The minimum Gasteiger partial charge on any atom is -0.331 e. The molecule has 3 nitrogen and oxygen atoms in total. The number of hydrogen-bond acceptors (Lipinski definition) is 3. The number of para-hydroxylation sites is 1. The number of hydrogen-bond donors (Lipinski definition) is 3. The van der Waals surface area contributed by atoms with Crippen molar-refractivity contribution in [3.8, 4) is 0 Å². The smallest absolute Gasteiger partial charge is 0.257 e. The highest BCUT2D eigenvalue weighted by molar-refractivity contribution is 7.81. The summed E-state index contributed by atoms with van der Waals surface area (Å²) in [6.45, 7) is 0. The topological polar surface area (TPSA) is 41.1 Å². The van der Waals surface area contributed by atoms with Crippen LogP contribution in [0.2, 0.25) is 0 Å². The van der Waals surface area contributed by atoms with E-state index < -0.39 is 11.7 Å². The third-order valence-electron chi connectivity index (χ3n) is 2.47. The van der Waals surface area contributed by atoms with E-state index in [0.717, 1.165) is 6.07 Å². The second-order valence-corrected chi connectivity index (χ2v) is 4.83. The van der Waals surface area contributed by atoms with Gasteiger partial charge < -0.3 is 5.32 Å². The van der Waals surface area contributed by atoms with E-state index in [-0.39, 0.29) is 10.7 Å². The van der Waals surface area contributed by atoms with Gasteiger partial charge in [-0.1, -0.05) is 18.2 Å². The zero-order valence-electron chi connectivity index (χ0n) is 10.3. The molecule has 0 fully saturated rings. The molecule has 1 amide bonds. The van der Waals surface area contributed by atoms with E-state index >= 15 is 0 Å². The van der Waals surface area contributed by atoms with Crippen LogP contribution in [-0.4, -0.2) is 11.0 Å². The maximum absolute atomic E-state index is 13.0. The van der Waals surface area contributed by atoms with Gasteiger partial charge in [0.15, 0.2) is 5.11 Å². The number of rotatable bonds is 2. The lowest BCUT2D eigenvalue weighted by molar-refractivity contribution is 0.0977. The molecular weight excluding hydrogens is 295 g/mol. The normalized spacial score (nSPS) is 9.90. The average molecular weight is 306 g/mol. The van der Waals surface area contributed by atoms with Gasteiger partial charge in [0, 0.05) is 10.5 Å². The Hall–Kier alpha value is -1.92. The highest BCUT2D eigenvalue weighted by Gasteiger charge is 2.09. The second kappa shape index (κ2) is 6.49. The highest BCUT2D eigenvalue weighted by atomic mass is 32.1. The fourth-order valence-corrected chi connectivity index (χ4v) is 1.96. The van der Waals surface area contributed by atoms with Crippen LogP contribution in [0.5, 0.6) is 0 Å². The molecule has 6 heteroatoms. The van der Waals surface area contributed by atoms with Gasteiger partial charge in [0.2, 0.25) is 0 Å². The molecule has 102 valence electrons. The molecule has 2 aromatic rings. The number of carbonyl (C=O) groups is 1. The molecule has 0 radical (unpaired) electrons. The van der Waals surface area contributed by atoms with Crippen LogP contribution >= 0.6 is 24.8 Å². The van der Waals surface area contributed by atoms with E-state index in [1.54, 1.807) is 12.1 Å². The van der Waals surface area contributed by atoms with E-state index in [9.17, 15) is 9.18 Å². The molecule has 0 heterocycles. The lowest BCUT2D eigenvalue weighted by Gasteiger charge is -2.11. The fraction of sp³-hybridized carbons (Fsp3) is 0. The summed E-state index contributed by atoms with van der Waals surface area (Å²) < 4.78 is 13.0. The van der Waals surface area contributed by atoms with Crippen molar-refractivity contribution in [3.05, 3.63) is 59.9 Å². The van der Waals surface area contributed by atoms with E-state index in [0.29, 0.717) is 10.6 Å². The summed E-state index contributed by atoms with van der Waals surface area (Å²) in [5, 5.41) is 5.46. The molecular formula is C14H11FN2OS2. The van der Waals surface area contributed by atoms with Gasteiger partial charge in [-0.15, -0.1) is 12.6 Å². The van der Waals surface area contributed by atoms with Crippen molar-refractivity contribution in [2.24, 2.45) is 0 Å². The maximum atomic E-state index is 13.0. The Morgan fingerprint density at radius 3 is 2.60 bits per heavy atom. The predicted octanol–water partition coefficient (Wildman–Crippen LogP) is 3.24. The number of halogens is 1. The van der Waals surface area contributed by atoms with Gasteiger partial charge in [0.1, 0.15) is 5.82 Å². The van der Waals surface area contributed by atoms with Crippen molar-refractivity contribution in [1.29, 1.82) is 0 Å². The van der Waals surface area contributed by atoms with E-state index in [4.69, 9.17) is 12.2 Å². The van der Waals surface area contributed by atoms with Crippen molar-refractivity contribution < 1.29 is 9.18 Å². The molecule has 0 saturated carbocycles. The van der Waals surface area contributed by atoms with Gasteiger partial charge in [0.05, 0.1) is 5.69 Å². The molecule has 0 bridgehead atoms. The van der Waals surface area contributed by atoms with Crippen molar-refractivity contribution >= 4 is 41.6 Å². The SMILES string of the molecule is O=C(NC(=S)Nc1ccccc1S)c1cccc(F)c1. The molecule has 2 rings (SSSR count). The van der Waals surface area contributed by atoms with E-state index in [1.165, 1.54) is 18.2 Å². The Labute approximate surface area is 126 Å². The highest BCUT2D eigenvalue weighted by Crippen LogP contribution is 2.18. The second-order valence-electron chi connectivity index (χ2n) is 3.94. The zero-order valence-corrected chi connectivity index (χ0v) is 12.0. The molecule has 0 atom stereocenters. The zero-order chi connectivity index (χ0) is 14.5. The molecule has 0 spiro atoms. The number of nitrogens with one attached hydrogen (secondary N) is 2. The van der Waals surface area contributed by atoms with Crippen LogP contribution in [0.4, 0.5) is 10.1 Å². The van der Waals surface area contributed by atoms with Crippen LogP contribution in [-0.2, 0) is 0 Å². The minimum atomic E-state index is -0.475. The van der Waals surface area contributed by atoms with Gasteiger partial charge in [0.25, 0.3) is 5.91 Å². The van der Waals surface area contributed by atoms with Crippen molar-refractivity contribution in [2.75, 3.05) is 5.32 Å². The number of carbonyl (C=O) groups excluding carboxylic acids is 1. The number of thiocarbonyl (C=S) groups is 1. The van der Waals surface area contributed by atoms with Gasteiger partial charge in [-0.2, -0.15) is 0 Å². The molecule has 0 aromatic heterocycles. The van der Waals surface area contributed by atoms with Crippen LogP contribution < -0.4 is 10.6 Å². The summed E-state index contributed by atoms with van der Waals surface area (Å²) in [5.74, 6) is -0.948. The molecule has 0 unspecified atom stereocenters. The van der Waals surface area contributed by atoms with Crippen LogP contribution in [0.1, 0.15) is 10.4 Å². The van der Waals surface area contributed by atoms with Gasteiger partial charge in [-0.05, 0) is 42.5 Å². The van der Waals surface area contributed by atoms with Gasteiger partial charge >= 0.3 is 0 Å². The van der Waals surface area contributed by atoms with Gasteiger partial charge in [-0.3, -0.25) is 10.1 Å². The third-order valence-corrected chi connectivity index (χ3v) is 3.06. The molecule has 2 aromatic carbocycles. The monoisotopic (exact) mass is 306 g/mol. The van der Waals surface area contributed by atoms with Gasteiger partial charge in [-0.25, -0.2) is 4.39 Å². The molecule has 0 aliphatic carbocycles. The fourth-order valence-electron chi connectivity index (χ4n) is 1.54. The number of benzene rings is 2. The lowest BCUT2D eigenvalue weighted by atomic mass is 10.2. The first-order valence-corrected chi connectivity index (χ1v) is 6.58. The summed E-state index contributed by atoms with van der Waals surface area (Å²) in [5.41, 5.74) is 0.883. The standard InChI is InChI=1S/C14H11FN2OS2/c15-10-5-3-4-9(8-10)13(18)17-14(20)16-11-6-1-2-7-12(11)19/h1-8,19H,(H2,16,17,18,20). The minimum absolute atomic E-state index is 0.126. The quantitative estimate of drug-likeness (QED) is 0.589. The van der Waals surface area contributed by atoms with Crippen molar-refractivity contribution in [1.82, 2.24) is 5.32 Å². The van der Waals surface area contributed by atoms with E-state index in [1.807, 2.05) is 12.1 Å². The van der Waals surface area contributed by atoms with Crippen LogP contribution in [0, 0.1) is 5.82 Å². The Kier molecular flexibility index (Phi) is 4.70. The first-order valence-electron chi connectivity index (χ1n) is 5.72. The number of anilines is 1. The Balaban J connectivity index is 2.02. The molecule has 0 aliphatic rings. The van der Waals surface area contributed by atoms with Crippen molar-refractivity contribution in [3.63, 3.8) is 0 Å². The Morgan fingerprint density at radius 2 is 1.90 bits per heavy atom. The number of amides is 1. The van der Waals surface area contributed by atoms with Crippen LogP contribution in [0.3, 0.4) is 0 Å². The summed E-state index contributed by atoms with van der Waals surface area (Å²) >= 11 is 9.30. The molecule has 2 N–H and O–H groups in total. The largest absolute Gasteiger partial charge is 0.331 e. The number of thiol groups is 1. The summed E-state index contributed by atoms with van der Waals surface area (Å²) in [6.07, 6.45) is 0. The molecule has 20 heavy (non-hydrogen) atoms. The average Bonchev–Trinajstić information content (AvgIpc) is 2.41.